The number of benzene rings is 2. The van der Waals surface area contributed by atoms with E-state index in [1.165, 1.54) is 55.8 Å². The van der Waals surface area contributed by atoms with Crippen LogP contribution in [0.3, 0.4) is 0 Å². The molecular weight excluding hydrogens is 899 g/mol. The average Bonchev–Trinajstić information content (AvgIpc) is 3.87. The number of carbonyl (C=O) groups is 2. The van der Waals surface area contributed by atoms with E-state index in [-0.39, 0.29) is 41.2 Å². The van der Waals surface area contributed by atoms with Crippen molar-refractivity contribution in [3.63, 3.8) is 0 Å². The zero-order chi connectivity index (χ0) is 45.8. The van der Waals surface area contributed by atoms with Crippen molar-refractivity contribution < 1.29 is 41.8 Å². The van der Waals surface area contributed by atoms with Crippen molar-refractivity contribution in [2.75, 3.05) is 6.61 Å². The predicted molar refractivity (Wildman–Crippen MR) is 245 cm³/mol. The summed E-state index contributed by atoms with van der Waals surface area (Å²) >= 11 is 2.16. The average molecular weight is 964 g/mol. The van der Waals surface area contributed by atoms with Crippen LogP contribution in [0.4, 0.5) is 4.39 Å². The molecule has 2 aromatic carbocycles. The summed E-state index contributed by atoms with van der Waals surface area (Å²) in [7, 11) is -4.56. The number of aromatic nitrogens is 4. The van der Waals surface area contributed by atoms with Crippen molar-refractivity contribution in [3.8, 4) is 18.1 Å². The van der Waals surface area contributed by atoms with Gasteiger partial charge < -0.3 is 4.74 Å². The summed E-state index contributed by atoms with van der Waals surface area (Å²) < 4.78 is 62.5. The first kappa shape index (κ1) is 50.9. The Balaban J connectivity index is 1.38. The minimum absolute atomic E-state index is 0.000973. The smallest absolute Gasteiger partial charge is 0.0654 e. The monoisotopic (exact) mass is 963 g/mol. The molecule has 0 amide bonds. The zero-order valence-electron chi connectivity index (χ0n) is 37.5. The Labute approximate surface area is 386 Å². The predicted octanol–water partition coefficient (Wildman–Crippen LogP) is 9.58. The Morgan fingerprint density at radius 3 is 2.19 bits per heavy atom. The van der Waals surface area contributed by atoms with Gasteiger partial charge in [-0.3, -0.25) is 4.79 Å². The van der Waals surface area contributed by atoms with Crippen LogP contribution in [0.5, 0.6) is 5.75 Å². The molecule has 0 spiro atoms. The van der Waals surface area contributed by atoms with E-state index in [4.69, 9.17) is 29.7 Å². The van der Waals surface area contributed by atoms with Crippen molar-refractivity contribution >= 4 is 52.2 Å². The molecule has 1 fully saturated rings. The van der Waals surface area contributed by atoms with E-state index in [2.05, 4.69) is 49.7 Å². The second-order valence-electron chi connectivity index (χ2n) is 16.4. The van der Waals surface area contributed by atoms with Gasteiger partial charge in [0, 0.05) is 0 Å². The van der Waals surface area contributed by atoms with Crippen LogP contribution in [-0.4, -0.2) is 78.8 Å². The van der Waals surface area contributed by atoms with Crippen LogP contribution in [0.25, 0.3) is 11.2 Å². The Bertz CT molecular complexity index is 2140. The molecule has 2 aromatic heterocycles. The number of halogens is 1. The molecule has 1 aliphatic heterocycles. The van der Waals surface area contributed by atoms with Gasteiger partial charge >= 0.3 is 196 Å². The van der Waals surface area contributed by atoms with Gasteiger partial charge in [0.15, 0.2) is 0 Å². The third-order valence-corrected chi connectivity index (χ3v) is 13.5. The van der Waals surface area contributed by atoms with Crippen LogP contribution < -0.4 is 14.1 Å². The van der Waals surface area contributed by atoms with Gasteiger partial charge in [0.05, 0.1) is 0 Å². The number of hydrogen-bond acceptors (Lipinski definition) is 11. The number of hydrogen-bond donors (Lipinski definition) is 1. The van der Waals surface area contributed by atoms with Crippen molar-refractivity contribution in [2.45, 2.75) is 166 Å². The molecule has 13 nitrogen and oxygen atoms in total. The summed E-state index contributed by atoms with van der Waals surface area (Å²) in [5, 5.41) is 2.91. The van der Waals surface area contributed by atoms with E-state index in [0.717, 1.165) is 37.7 Å². The quantitative estimate of drug-likeness (QED) is 0.0138. The number of rotatable bonds is 29. The number of unbranched alkanes of at least 4 members (excludes halogenated alkanes) is 10. The van der Waals surface area contributed by atoms with Crippen molar-refractivity contribution in [1.29, 1.82) is 0 Å². The molecule has 1 saturated heterocycles. The number of para-hydroxylation sites is 1. The van der Waals surface area contributed by atoms with Gasteiger partial charge in [-0.15, -0.1) is 0 Å². The van der Waals surface area contributed by atoms with Gasteiger partial charge in [-0.2, -0.15) is 0 Å². The number of fused-ring (bicyclic) bond motifs is 1. The molecule has 16 heteroatoms. The van der Waals surface area contributed by atoms with Crippen molar-refractivity contribution in [3.05, 3.63) is 78.6 Å². The molecular formula is C48H64AsFN5O8P. The summed E-state index contributed by atoms with van der Waals surface area (Å²) in [4.78, 5) is 39.7. The normalized spacial score (nSPS) is 18.7. The van der Waals surface area contributed by atoms with Gasteiger partial charge in [-0.1, -0.05) is 140 Å². The van der Waals surface area contributed by atoms with Crippen LogP contribution in [0.1, 0.15) is 142 Å². The molecule has 64 heavy (non-hydrogen) atoms. The zero-order valence-corrected chi connectivity index (χ0v) is 40.3. The second-order valence-corrected chi connectivity index (χ2v) is 19.0. The fraction of sp³-hybridized carbons (Fsp3) is 0.562. The number of imidazole rings is 1. The number of esters is 2. The number of nitrogens with one attached hydrogen (secondary N) is 1. The maximum absolute atomic E-state index is 15.2. The maximum atomic E-state index is 15.2. The minimum atomic E-state index is -4.56. The van der Waals surface area contributed by atoms with Gasteiger partial charge in [0.2, 0.25) is 0 Å². The molecule has 0 aliphatic carbocycles. The Morgan fingerprint density at radius 1 is 0.938 bits per heavy atom. The molecule has 0 bridgehead atoms. The molecule has 0 unspecified atom stereocenters. The first-order chi connectivity index (χ1) is 31.0. The molecule has 346 valence electrons. The number of ether oxygens (including phenoxy) is 3. The summed E-state index contributed by atoms with van der Waals surface area (Å²) in [5.41, 5.74) is -0.602. The number of nitrogens with zero attached hydrogens (tertiary/aromatic N) is 4. The minimum Gasteiger partial charge on any atom is -0.0654 e. The molecule has 2 radical (unpaired) electrons. The van der Waals surface area contributed by atoms with E-state index in [9.17, 15) is 14.0 Å². The Morgan fingerprint density at radius 2 is 1.56 bits per heavy atom. The first-order valence-electron chi connectivity index (χ1n) is 23.0. The van der Waals surface area contributed by atoms with E-state index < -0.39 is 56.3 Å². The topological polar surface area (TPSA) is 153 Å². The number of terminal acetylenes is 1. The van der Waals surface area contributed by atoms with Crippen LogP contribution in [0.2, 0.25) is 0 Å². The molecule has 1 N–H and O–H groups in total. The Hall–Kier alpha value is -4.11. The fourth-order valence-corrected chi connectivity index (χ4v) is 9.88. The summed E-state index contributed by atoms with van der Waals surface area (Å²) in [5.74, 6) is 1.74. The third-order valence-electron chi connectivity index (χ3n) is 11.3. The standard InChI is InChI=1S/C48H64AsFN5O8P/c1-5-9-10-11-12-13-14-15-16-17-24-31-42(56)61-40-33-41(55-35-51-43-44(49)52-47(50)53-45(43)55)62-48(40,8-4)34-59-64(58,63-38-29-22-19-23-30-38)54-39(32-36-27-20-18-21-28-36)46(57)60-37(25-6-2)26-7-3/h4,18-23,27-30,35,37,39-41H,5-7,9-17,24-26,31-34H2,1-3H3,(H,54,58)/t39-,40-,41+,48+,64-/m0/s1. The van der Waals surface area contributed by atoms with E-state index in [1.807, 2.05) is 44.2 Å². The van der Waals surface area contributed by atoms with Crippen LogP contribution in [-0.2, 0) is 39.3 Å². The fourth-order valence-electron chi connectivity index (χ4n) is 7.85. The van der Waals surface area contributed by atoms with E-state index >= 15 is 4.57 Å². The molecule has 4 aromatic rings. The van der Waals surface area contributed by atoms with Crippen LogP contribution in [0, 0.1) is 18.4 Å². The summed E-state index contributed by atoms with van der Waals surface area (Å²) in [6, 6.07) is 16.5. The van der Waals surface area contributed by atoms with Gasteiger partial charge in [-0.05, 0) is 37.0 Å². The van der Waals surface area contributed by atoms with Crippen molar-refractivity contribution in [1.82, 2.24) is 24.6 Å². The van der Waals surface area contributed by atoms with Crippen LogP contribution >= 0.6 is 7.75 Å². The van der Waals surface area contributed by atoms with Gasteiger partial charge in [-0.25, -0.2) is 0 Å². The summed E-state index contributed by atoms with van der Waals surface area (Å²) in [6.45, 7) is 5.65. The SMILES string of the molecule is C#C[C@]1(CO[P@@](=O)(N[C@@H](Cc2ccccc2)C(=O)OC(CCC)CCC)Oc2ccccc2)O[C@@H](n2cnc3c([As])nc(F)nc32)C[C@@H]1OC(=O)CCCCCCCCCCCCC. The van der Waals surface area contributed by atoms with Crippen LogP contribution in [0.15, 0.2) is 67.0 Å². The summed E-state index contributed by atoms with van der Waals surface area (Å²) in [6.07, 6.45) is 19.9. The molecule has 5 atom stereocenters. The van der Waals surface area contributed by atoms with Gasteiger partial charge in [0.25, 0.3) is 0 Å². The van der Waals surface area contributed by atoms with Gasteiger partial charge in [0.1, 0.15) is 6.10 Å². The molecule has 1 aliphatic rings. The molecule has 0 saturated carbocycles. The second kappa shape index (κ2) is 26.1. The Kier molecular flexibility index (Phi) is 20.8. The molecule has 5 rings (SSSR count). The van der Waals surface area contributed by atoms with E-state index in [0.29, 0.717) is 24.8 Å². The van der Waals surface area contributed by atoms with Crippen molar-refractivity contribution in [2.24, 2.45) is 0 Å². The van der Waals surface area contributed by atoms with E-state index in [1.54, 1.807) is 30.3 Å². The third kappa shape index (κ3) is 15.2. The molecule has 3 heterocycles. The number of carbonyl (C=O) groups excluding carboxylic acids is 2. The first-order valence-corrected chi connectivity index (χ1v) is 25.5.